The van der Waals surface area contributed by atoms with Crippen LogP contribution in [0.4, 0.5) is 5.69 Å². The van der Waals surface area contributed by atoms with E-state index in [0.717, 1.165) is 30.4 Å². The number of para-hydroxylation sites is 1. The first-order chi connectivity index (χ1) is 15.5. The largest absolute Gasteiger partial charge is 0.490 e. The number of halogens is 2. The molecule has 6 heteroatoms. The second-order valence-electron chi connectivity index (χ2n) is 7.30. The Morgan fingerprint density at radius 3 is 2.50 bits per heavy atom. The molecule has 32 heavy (non-hydrogen) atoms. The van der Waals surface area contributed by atoms with Gasteiger partial charge in [-0.25, -0.2) is 0 Å². The molecule has 0 saturated carbocycles. The van der Waals surface area contributed by atoms with Crippen LogP contribution in [-0.2, 0) is 11.4 Å². The first-order valence-electron chi connectivity index (χ1n) is 10.5. The van der Waals surface area contributed by atoms with Gasteiger partial charge in [0.25, 0.3) is 5.91 Å². The van der Waals surface area contributed by atoms with Crippen molar-refractivity contribution in [2.24, 2.45) is 0 Å². The van der Waals surface area contributed by atoms with E-state index >= 15 is 0 Å². The average Bonchev–Trinajstić information content (AvgIpc) is 3.05. The van der Waals surface area contributed by atoms with E-state index in [0.29, 0.717) is 36.8 Å². The fourth-order valence-corrected chi connectivity index (χ4v) is 4.78. The van der Waals surface area contributed by atoms with Gasteiger partial charge < -0.3 is 14.4 Å². The van der Waals surface area contributed by atoms with Crippen molar-refractivity contribution in [2.45, 2.75) is 20.5 Å². The maximum atomic E-state index is 13.0. The quantitative estimate of drug-likeness (QED) is 0.217. The molecule has 0 saturated heterocycles. The Bertz CT molecular complexity index is 1170. The minimum absolute atomic E-state index is 0.0252. The molecule has 4 nitrogen and oxygen atoms in total. The summed E-state index contributed by atoms with van der Waals surface area (Å²) >= 11 is 5.72. The number of carbonyl (C=O) groups excluding carboxylic acids is 1. The van der Waals surface area contributed by atoms with Crippen molar-refractivity contribution in [2.75, 3.05) is 18.1 Å². The summed E-state index contributed by atoms with van der Waals surface area (Å²) in [4.78, 5) is 14.9. The summed E-state index contributed by atoms with van der Waals surface area (Å²) < 4.78 is 14.0. The van der Waals surface area contributed by atoms with Crippen LogP contribution in [0.25, 0.3) is 11.6 Å². The molecule has 1 aliphatic heterocycles. The molecular formula is C26H23BrINO3. The number of fused-ring (bicyclic) bond motifs is 1. The van der Waals surface area contributed by atoms with Gasteiger partial charge in [-0.3, -0.25) is 4.79 Å². The third-order valence-corrected chi connectivity index (χ3v) is 6.55. The second kappa shape index (κ2) is 10.1. The summed E-state index contributed by atoms with van der Waals surface area (Å²) in [6.45, 7) is 5.55. The molecule has 3 aromatic rings. The molecule has 0 N–H and O–H groups in total. The van der Waals surface area contributed by atoms with E-state index in [-0.39, 0.29) is 5.91 Å². The second-order valence-corrected chi connectivity index (χ2v) is 9.38. The number of nitrogens with zero attached hydrogens (tertiary/aromatic N) is 1. The van der Waals surface area contributed by atoms with Crippen LogP contribution in [0, 0.1) is 3.57 Å². The lowest BCUT2D eigenvalue weighted by atomic mass is 10.0. The van der Waals surface area contributed by atoms with Gasteiger partial charge in [0.15, 0.2) is 11.5 Å². The van der Waals surface area contributed by atoms with Crippen molar-refractivity contribution in [3.63, 3.8) is 0 Å². The third-order valence-electron chi connectivity index (χ3n) is 5.22. The summed E-state index contributed by atoms with van der Waals surface area (Å²) in [5.41, 5.74) is 4.60. The molecule has 0 radical (unpaired) electrons. The van der Waals surface area contributed by atoms with Gasteiger partial charge in [0, 0.05) is 22.2 Å². The molecule has 164 valence electrons. The Morgan fingerprint density at radius 2 is 1.78 bits per heavy atom. The van der Waals surface area contributed by atoms with Gasteiger partial charge >= 0.3 is 0 Å². The fraction of sp³-hybridized carbons (Fsp3) is 0.192. The number of hydrogen-bond donors (Lipinski definition) is 0. The molecule has 1 aliphatic rings. The molecule has 4 rings (SSSR count). The minimum Gasteiger partial charge on any atom is -0.490 e. The highest BCUT2D eigenvalue weighted by Gasteiger charge is 2.30. The Labute approximate surface area is 210 Å². The number of amides is 1. The monoisotopic (exact) mass is 603 g/mol. The zero-order chi connectivity index (χ0) is 22.7. The molecule has 0 atom stereocenters. The number of likely N-dealkylation sites (N-methyl/N-ethyl adjacent to an activating group) is 1. The van der Waals surface area contributed by atoms with E-state index in [1.165, 1.54) is 0 Å². The van der Waals surface area contributed by atoms with E-state index < -0.39 is 0 Å². The number of ether oxygens (including phenoxy) is 2. The van der Waals surface area contributed by atoms with Crippen LogP contribution in [0.1, 0.15) is 30.5 Å². The van der Waals surface area contributed by atoms with E-state index in [9.17, 15) is 4.79 Å². The SMILES string of the molecule is CCOc1cc(/C=C2\C(=O)N(CC)c3ccccc32)cc(I)c1OCc1ccc(Br)cc1. The Hall–Kier alpha value is -2.32. The van der Waals surface area contributed by atoms with Gasteiger partial charge in [0.05, 0.1) is 15.9 Å². The van der Waals surface area contributed by atoms with Crippen LogP contribution in [0.15, 0.2) is 65.1 Å². The van der Waals surface area contributed by atoms with Crippen LogP contribution in [0.5, 0.6) is 11.5 Å². The highest BCUT2D eigenvalue weighted by atomic mass is 127. The first kappa shape index (κ1) is 22.9. The Balaban J connectivity index is 1.67. The van der Waals surface area contributed by atoms with E-state index in [2.05, 4.69) is 38.5 Å². The summed E-state index contributed by atoms with van der Waals surface area (Å²) in [6.07, 6.45) is 1.94. The van der Waals surface area contributed by atoms with Crippen LogP contribution in [0.3, 0.4) is 0 Å². The Kier molecular flexibility index (Phi) is 7.20. The maximum absolute atomic E-state index is 13.0. The van der Waals surface area contributed by atoms with Crippen molar-refractivity contribution in [3.05, 3.63) is 85.4 Å². The van der Waals surface area contributed by atoms with Crippen LogP contribution in [-0.4, -0.2) is 19.1 Å². The van der Waals surface area contributed by atoms with Crippen molar-refractivity contribution in [1.82, 2.24) is 0 Å². The molecule has 1 heterocycles. The van der Waals surface area contributed by atoms with E-state index in [4.69, 9.17) is 9.47 Å². The molecule has 0 unspecified atom stereocenters. The number of carbonyl (C=O) groups is 1. The lowest BCUT2D eigenvalue weighted by Crippen LogP contribution is -2.25. The molecule has 1 amide bonds. The van der Waals surface area contributed by atoms with E-state index in [1.807, 2.05) is 85.5 Å². The van der Waals surface area contributed by atoms with Crippen LogP contribution < -0.4 is 14.4 Å². The molecule has 0 fully saturated rings. The van der Waals surface area contributed by atoms with Gasteiger partial charge in [-0.1, -0.05) is 46.3 Å². The summed E-state index contributed by atoms with van der Waals surface area (Å²) in [5.74, 6) is 1.41. The topological polar surface area (TPSA) is 38.8 Å². The predicted octanol–water partition coefficient (Wildman–Crippen LogP) is 6.94. The van der Waals surface area contributed by atoms with Crippen molar-refractivity contribution >= 4 is 61.8 Å². The molecule has 3 aromatic carbocycles. The molecule has 0 aliphatic carbocycles. The van der Waals surface area contributed by atoms with Gasteiger partial charge in [0.1, 0.15) is 6.61 Å². The van der Waals surface area contributed by atoms with Crippen LogP contribution in [0.2, 0.25) is 0 Å². The number of hydrogen-bond acceptors (Lipinski definition) is 3. The van der Waals surface area contributed by atoms with Crippen LogP contribution >= 0.6 is 38.5 Å². The molecule has 0 aromatic heterocycles. The molecule has 0 spiro atoms. The third kappa shape index (κ3) is 4.71. The van der Waals surface area contributed by atoms with Gasteiger partial charge in [0.2, 0.25) is 0 Å². The highest BCUT2D eigenvalue weighted by molar-refractivity contribution is 14.1. The zero-order valence-electron chi connectivity index (χ0n) is 17.9. The fourth-order valence-electron chi connectivity index (χ4n) is 3.74. The van der Waals surface area contributed by atoms with Crippen molar-refractivity contribution < 1.29 is 14.3 Å². The average molecular weight is 604 g/mol. The maximum Gasteiger partial charge on any atom is 0.258 e. The lowest BCUT2D eigenvalue weighted by molar-refractivity contribution is -0.112. The predicted molar refractivity (Wildman–Crippen MR) is 141 cm³/mol. The summed E-state index contributed by atoms with van der Waals surface area (Å²) in [5, 5.41) is 0. The summed E-state index contributed by atoms with van der Waals surface area (Å²) in [7, 11) is 0. The normalized spacial score (nSPS) is 14.1. The lowest BCUT2D eigenvalue weighted by Gasteiger charge is -2.15. The number of rotatable bonds is 7. The number of benzene rings is 3. The molecule has 0 bridgehead atoms. The van der Waals surface area contributed by atoms with Crippen molar-refractivity contribution in [1.29, 1.82) is 0 Å². The summed E-state index contributed by atoms with van der Waals surface area (Å²) in [6, 6.07) is 19.9. The smallest absolute Gasteiger partial charge is 0.258 e. The van der Waals surface area contributed by atoms with E-state index in [1.54, 1.807) is 0 Å². The minimum atomic E-state index is 0.0252. The molecular weight excluding hydrogens is 581 g/mol. The Morgan fingerprint density at radius 1 is 1.03 bits per heavy atom. The number of anilines is 1. The standard InChI is InChI=1S/C26H23BrINO3/c1-3-29-23-8-6-5-7-20(23)21(26(29)30)13-18-14-22(28)25(24(15-18)31-4-2)32-16-17-9-11-19(27)12-10-17/h5-15H,3-4,16H2,1-2H3/b21-13-. The van der Waals surface area contributed by atoms with Gasteiger partial charge in [-0.2, -0.15) is 0 Å². The van der Waals surface area contributed by atoms with Crippen molar-refractivity contribution in [3.8, 4) is 11.5 Å². The van der Waals surface area contributed by atoms with Gasteiger partial charge in [-0.15, -0.1) is 0 Å². The zero-order valence-corrected chi connectivity index (χ0v) is 21.6. The highest BCUT2D eigenvalue weighted by Crippen LogP contribution is 2.40. The first-order valence-corrected chi connectivity index (χ1v) is 12.4. The van der Waals surface area contributed by atoms with Gasteiger partial charge in [-0.05, 0) is 84.0 Å².